The van der Waals surface area contributed by atoms with Crippen LogP contribution in [0, 0.1) is 6.92 Å². The van der Waals surface area contributed by atoms with E-state index in [0.29, 0.717) is 24.3 Å². The summed E-state index contributed by atoms with van der Waals surface area (Å²) in [4.78, 5) is 13.9. The quantitative estimate of drug-likeness (QED) is 0.651. The van der Waals surface area contributed by atoms with Crippen molar-refractivity contribution < 1.29 is 18.3 Å². The highest BCUT2D eigenvalue weighted by Crippen LogP contribution is 2.32. The number of hydrogen-bond donors (Lipinski definition) is 3. The molecule has 1 aliphatic rings. The van der Waals surface area contributed by atoms with Crippen molar-refractivity contribution >= 4 is 27.7 Å². The zero-order valence-corrected chi connectivity index (χ0v) is 15.7. The van der Waals surface area contributed by atoms with Crippen LogP contribution in [-0.4, -0.2) is 42.4 Å². The van der Waals surface area contributed by atoms with Crippen LogP contribution in [-0.2, 0) is 14.6 Å². The molecule has 1 aliphatic heterocycles. The van der Waals surface area contributed by atoms with Crippen molar-refractivity contribution in [3.63, 3.8) is 0 Å². The molecule has 0 aliphatic carbocycles. The maximum absolute atomic E-state index is 13.3. The van der Waals surface area contributed by atoms with E-state index in [1.165, 1.54) is 12.3 Å². The van der Waals surface area contributed by atoms with Crippen LogP contribution in [0.2, 0.25) is 0 Å². The molecule has 142 valence electrons. The molecule has 0 amide bonds. The molecule has 1 aromatic heterocycles. The zero-order valence-electron chi connectivity index (χ0n) is 14.8. The Morgan fingerprint density at radius 3 is 2.56 bits per heavy atom. The molecule has 8 heteroatoms. The second-order valence-electron chi connectivity index (χ2n) is 6.51. The van der Waals surface area contributed by atoms with E-state index in [0.717, 1.165) is 11.6 Å². The molecule has 1 saturated heterocycles. The number of pyridine rings is 1. The molecule has 1 aromatic carbocycles. The summed E-state index contributed by atoms with van der Waals surface area (Å²) in [5.41, 5.74) is 1.61. The molecule has 0 radical (unpaired) electrons. The number of carbonyl (C=O) groups is 1. The molecule has 0 bridgehead atoms. The molecule has 1 atom stereocenters. The normalized spacial score (nSPS) is 20.0. The maximum Gasteiger partial charge on any atom is 0.328 e. The third-order valence-corrected chi connectivity index (χ3v) is 6.89. The number of carboxylic acids is 1. The van der Waals surface area contributed by atoms with Gasteiger partial charge in [-0.05, 0) is 55.8 Å². The van der Waals surface area contributed by atoms with Crippen molar-refractivity contribution in [2.45, 2.75) is 23.1 Å². The van der Waals surface area contributed by atoms with Gasteiger partial charge in [0.2, 0.25) is 9.84 Å². The van der Waals surface area contributed by atoms with Crippen LogP contribution in [0.3, 0.4) is 0 Å². The number of aliphatic carboxylic acids is 1. The van der Waals surface area contributed by atoms with E-state index < -0.39 is 20.7 Å². The summed E-state index contributed by atoms with van der Waals surface area (Å²) in [6.07, 6.45) is 4.35. The van der Waals surface area contributed by atoms with Gasteiger partial charge in [0.05, 0.1) is 4.90 Å². The van der Waals surface area contributed by atoms with Crippen molar-refractivity contribution in [3.8, 4) is 0 Å². The number of hydrogen-bond acceptors (Lipinski definition) is 6. The van der Waals surface area contributed by atoms with Crippen LogP contribution in [0.5, 0.6) is 0 Å². The predicted octanol–water partition coefficient (Wildman–Crippen LogP) is 2.06. The number of aryl methyl sites for hydroxylation is 1. The second-order valence-corrected chi connectivity index (χ2v) is 8.77. The first-order chi connectivity index (χ1) is 12.8. The monoisotopic (exact) mass is 387 g/mol. The molecular weight excluding hydrogens is 366 g/mol. The number of carboxylic acid groups (broad SMARTS) is 1. The summed E-state index contributed by atoms with van der Waals surface area (Å²) in [6, 6.07) is 10.1. The average molecular weight is 387 g/mol. The van der Waals surface area contributed by atoms with Crippen molar-refractivity contribution in [2.24, 2.45) is 0 Å². The Balaban J connectivity index is 1.89. The van der Waals surface area contributed by atoms with E-state index in [1.807, 2.05) is 6.92 Å². The molecular formula is C19H21N3O4S. The van der Waals surface area contributed by atoms with Crippen molar-refractivity contribution in [2.75, 3.05) is 18.4 Å². The number of aromatic nitrogens is 1. The fourth-order valence-electron chi connectivity index (χ4n) is 2.99. The molecule has 3 N–H and O–H groups in total. The molecule has 2 heterocycles. The van der Waals surface area contributed by atoms with Crippen LogP contribution in [0.25, 0.3) is 6.08 Å². The van der Waals surface area contributed by atoms with Crippen molar-refractivity contribution in [1.82, 2.24) is 10.3 Å². The number of sulfone groups is 1. The van der Waals surface area contributed by atoms with Gasteiger partial charge in [-0.1, -0.05) is 17.7 Å². The zero-order chi connectivity index (χ0) is 19.5. The van der Waals surface area contributed by atoms with Crippen LogP contribution >= 0.6 is 0 Å². The Kier molecular flexibility index (Phi) is 5.29. The lowest BCUT2D eigenvalue weighted by atomic mass is 10.2. The minimum absolute atomic E-state index is 0.269. The molecule has 1 fully saturated rings. The third-order valence-electron chi connectivity index (χ3n) is 4.52. The first-order valence-electron chi connectivity index (χ1n) is 8.50. The van der Waals surface area contributed by atoms with Gasteiger partial charge in [-0.2, -0.15) is 0 Å². The molecule has 0 saturated carbocycles. The van der Waals surface area contributed by atoms with E-state index in [2.05, 4.69) is 15.6 Å². The molecule has 2 aromatic rings. The summed E-state index contributed by atoms with van der Waals surface area (Å²) in [5.74, 6) is -0.626. The van der Waals surface area contributed by atoms with E-state index in [9.17, 15) is 13.2 Å². The Bertz CT molecular complexity index is 945. The van der Waals surface area contributed by atoms with Crippen LogP contribution in [0.1, 0.15) is 17.5 Å². The molecule has 0 spiro atoms. The lowest BCUT2D eigenvalue weighted by Crippen LogP contribution is -2.48. The maximum atomic E-state index is 13.3. The lowest BCUT2D eigenvalue weighted by molar-refractivity contribution is -0.131. The highest BCUT2D eigenvalue weighted by molar-refractivity contribution is 7.93. The van der Waals surface area contributed by atoms with Gasteiger partial charge in [-0.25, -0.2) is 18.2 Å². The fourth-order valence-corrected chi connectivity index (χ4v) is 4.84. The first kappa shape index (κ1) is 19.1. The summed E-state index contributed by atoms with van der Waals surface area (Å²) >= 11 is 0. The Morgan fingerprint density at radius 1 is 1.26 bits per heavy atom. The number of benzene rings is 1. The highest BCUT2D eigenvalue weighted by atomic mass is 32.2. The van der Waals surface area contributed by atoms with Gasteiger partial charge in [-0.15, -0.1) is 0 Å². The largest absolute Gasteiger partial charge is 0.478 e. The van der Waals surface area contributed by atoms with Gasteiger partial charge in [0.15, 0.2) is 4.87 Å². The van der Waals surface area contributed by atoms with Gasteiger partial charge in [0, 0.05) is 18.8 Å². The topological polar surface area (TPSA) is 108 Å². The van der Waals surface area contributed by atoms with Crippen molar-refractivity contribution in [3.05, 3.63) is 59.8 Å². The fraction of sp³-hybridized carbons (Fsp3) is 0.263. The van der Waals surface area contributed by atoms with E-state index >= 15 is 0 Å². The Morgan fingerprint density at radius 2 is 2.00 bits per heavy atom. The van der Waals surface area contributed by atoms with Crippen molar-refractivity contribution in [1.29, 1.82) is 0 Å². The van der Waals surface area contributed by atoms with Crippen LogP contribution in [0.4, 0.5) is 5.82 Å². The standard InChI is InChI=1S/C19H21N3O4S/c1-14-2-6-16(7-3-14)27(25,26)19(10-11-20-13-19)22-17-8-4-15(12-21-17)5-9-18(23)24/h2-9,12,20H,10-11,13H2,1H3,(H,21,22)(H,23,24)/b9-5+/t19-/m1/s1. The Hall–Kier alpha value is -2.71. The molecule has 0 unspecified atom stereocenters. The summed E-state index contributed by atoms with van der Waals surface area (Å²) in [6.45, 7) is 2.76. The number of rotatable bonds is 6. The number of anilines is 1. The SMILES string of the molecule is Cc1ccc(S(=O)(=O)[C@]2(Nc3ccc(/C=C/C(=O)O)cn3)CCNC2)cc1. The molecule has 3 rings (SSSR count). The Labute approximate surface area is 158 Å². The molecule has 27 heavy (non-hydrogen) atoms. The van der Waals surface area contributed by atoms with E-state index in [-0.39, 0.29) is 11.4 Å². The number of nitrogens with zero attached hydrogens (tertiary/aromatic N) is 1. The van der Waals surface area contributed by atoms with E-state index in [1.54, 1.807) is 36.4 Å². The van der Waals surface area contributed by atoms with Crippen LogP contribution in [0.15, 0.2) is 53.6 Å². The minimum Gasteiger partial charge on any atom is -0.478 e. The lowest BCUT2D eigenvalue weighted by Gasteiger charge is -2.30. The van der Waals surface area contributed by atoms with Crippen LogP contribution < -0.4 is 10.6 Å². The average Bonchev–Trinajstić information content (AvgIpc) is 3.12. The van der Waals surface area contributed by atoms with Gasteiger partial charge in [-0.3, -0.25) is 0 Å². The van der Waals surface area contributed by atoms with Gasteiger partial charge in [0.1, 0.15) is 5.82 Å². The summed E-state index contributed by atoms with van der Waals surface area (Å²) < 4.78 is 26.6. The van der Waals surface area contributed by atoms with Gasteiger partial charge < -0.3 is 15.7 Å². The first-order valence-corrected chi connectivity index (χ1v) is 9.98. The highest BCUT2D eigenvalue weighted by Gasteiger charge is 2.47. The summed E-state index contributed by atoms with van der Waals surface area (Å²) in [7, 11) is -3.65. The molecule has 7 nitrogen and oxygen atoms in total. The smallest absolute Gasteiger partial charge is 0.328 e. The van der Waals surface area contributed by atoms with Gasteiger partial charge >= 0.3 is 5.97 Å². The number of nitrogens with one attached hydrogen (secondary N) is 2. The predicted molar refractivity (Wildman–Crippen MR) is 103 cm³/mol. The minimum atomic E-state index is -3.65. The van der Waals surface area contributed by atoms with Gasteiger partial charge in [0.25, 0.3) is 0 Å². The van der Waals surface area contributed by atoms with E-state index in [4.69, 9.17) is 5.11 Å². The third kappa shape index (κ3) is 4.01. The summed E-state index contributed by atoms with van der Waals surface area (Å²) in [5, 5.41) is 14.9. The second kappa shape index (κ2) is 7.50.